The van der Waals surface area contributed by atoms with E-state index < -0.39 is 0 Å². The Bertz CT molecular complexity index is 622. The minimum Gasteiger partial charge on any atom is -0.262 e. The molecule has 0 amide bonds. The Morgan fingerprint density at radius 3 is 2.05 bits per heavy atom. The Labute approximate surface area is 124 Å². The Balaban J connectivity index is 2.08. The van der Waals surface area contributed by atoms with Gasteiger partial charge in [-0.1, -0.05) is 60.1 Å². The van der Waals surface area contributed by atoms with Crippen molar-refractivity contribution in [2.45, 2.75) is 13.0 Å². The molecular formula is C17H17ClN2. The van der Waals surface area contributed by atoms with Crippen molar-refractivity contribution in [3.63, 3.8) is 0 Å². The van der Waals surface area contributed by atoms with Gasteiger partial charge in [0.05, 0.1) is 11.7 Å². The van der Waals surface area contributed by atoms with Crippen LogP contribution in [-0.2, 0) is 0 Å². The molecule has 2 aromatic carbocycles. The third kappa shape index (κ3) is 2.11. The van der Waals surface area contributed by atoms with Gasteiger partial charge in [-0.25, -0.2) is 5.01 Å². The first-order valence-electron chi connectivity index (χ1n) is 6.73. The van der Waals surface area contributed by atoms with Crippen LogP contribution >= 0.6 is 11.6 Å². The molecule has 0 spiro atoms. The van der Waals surface area contributed by atoms with Crippen molar-refractivity contribution in [3.05, 3.63) is 71.4 Å². The molecule has 3 heteroatoms. The van der Waals surface area contributed by atoms with Crippen LogP contribution in [0.25, 0.3) is 5.57 Å². The number of anilines is 1. The molecule has 1 aliphatic rings. The quantitative estimate of drug-likeness (QED) is 0.757. The lowest BCUT2D eigenvalue weighted by atomic mass is 10.0. The van der Waals surface area contributed by atoms with Gasteiger partial charge in [-0.2, -0.15) is 0 Å². The van der Waals surface area contributed by atoms with Crippen molar-refractivity contribution < 1.29 is 0 Å². The third-order valence-corrected chi connectivity index (χ3v) is 4.15. The average Bonchev–Trinajstić information content (AvgIpc) is 2.71. The zero-order chi connectivity index (χ0) is 14.1. The van der Waals surface area contributed by atoms with Gasteiger partial charge in [0.25, 0.3) is 0 Å². The highest BCUT2D eigenvalue weighted by molar-refractivity contribution is 6.35. The predicted octanol–water partition coefficient (Wildman–Crippen LogP) is 4.35. The molecule has 20 heavy (non-hydrogen) atoms. The van der Waals surface area contributed by atoms with E-state index in [9.17, 15) is 0 Å². The minimum atomic E-state index is 0.241. The van der Waals surface area contributed by atoms with Crippen molar-refractivity contribution in [1.82, 2.24) is 5.01 Å². The molecule has 1 atom stereocenters. The molecule has 1 unspecified atom stereocenters. The molecule has 3 rings (SSSR count). The highest BCUT2D eigenvalue weighted by atomic mass is 35.5. The largest absolute Gasteiger partial charge is 0.262 e. The second kappa shape index (κ2) is 5.31. The number of hydrazine groups is 1. The maximum Gasteiger partial charge on any atom is 0.129 e. The molecule has 102 valence electrons. The van der Waals surface area contributed by atoms with Gasteiger partial charge in [0.2, 0.25) is 0 Å². The number of nitrogens with zero attached hydrogens (tertiary/aromatic N) is 2. The van der Waals surface area contributed by atoms with Crippen LogP contribution in [0.1, 0.15) is 12.5 Å². The van der Waals surface area contributed by atoms with Crippen LogP contribution in [0.2, 0.25) is 0 Å². The van der Waals surface area contributed by atoms with E-state index in [-0.39, 0.29) is 6.04 Å². The van der Waals surface area contributed by atoms with E-state index in [1.165, 1.54) is 11.1 Å². The summed E-state index contributed by atoms with van der Waals surface area (Å²) in [5.74, 6) is 0. The van der Waals surface area contributed by atoms with Gasteiger partial charge in [0.1, 0.15) is 5.16 Å². The van der Waals surface area contributed by atoms with Gasteiger partial charge in [-0.3, -0.25) is 5.01 Å². The second-order valence-corrected chi connectivity index (χ2v) is 5.33. The molecule has 0 N–H and O–H groups in total. The lowest BCUT2D eigenvalue weighted by Crippen LogP contribution is -2.37. The number of hydrogen-bond acceptors (Lipinski definition) is 2. The Morgan fingerprint density at radius 2 is 1.45 bits per heavy atom. The molecule has 1 heterocycles. The highest BCUT2D eigenvalue weighted by Crippen LogP contribution is 2.39. The number of para-hydroxylation sites is 1. The van der Waals surface area contributed by atoms with Gasteiger partial charge in [-0.15, -0.1) is 0 Å². The van der Waals surface area contributed by atoms with E-state index in [0.717, 1.165) is 10.8 Å². The fourth-order valence-corrected chi connectivity index (χ4v) is 3.11. The predicted molar refractivity (Wildman–Crippen MR) is 85.4 cm³/mol. The number of benzene rings is 2. The van der Waals surface area contributed by atoms with Crippen molar-refractivity contribution >= 4 is 22.9 Å². The van der Waals surface area contributed by atoms with Crippen LogP contribution in [0.3, 0.4) is 0 Å². The van der Waals surface area contributed by atoms with Gasteiger partial charge in [-0.05, 0) is 24.6 Å². The normalized spacial score (nSPS) is 19.8. The number of rotatable bonds is 2. The summed E-state index contributed by atoms with van der Waals surface area (Å²) < 4.78 is 0. The molecular weight excluding hydrogens is 268 g/mol. The molecule has 0 fully saturated rings. The maximum absolute atomic E-state index is 6.67. The molecule has 0 bridgehead atoms. The first-order chi connectivity index (χ1) is 9.70. The second-order valence-electron chi connectivity index (χ2n) is 4.97. The number of likely N-dealkylation sites (N-methyl/N-ethyl adjacent to an activating group) is 1. The maximum atomic E-state index is 6.67. The summed E-state index contributed by atoms with van der Waals surface area (Å²) in [6.45, 7) is 2.17. The number of halogens is 1. The van der Waals surface area contributed by atoms with Crippen molar-refractivity contribution in [2.75, 3.05) is 12.1 Å². The first-order valence-corrected chi connectivity index (χ1v) is 7.11. The van der Waals surface area contributed by atoms with E-state index in [1.54, 1.807) is 0 Å². The molecule has 0 radical (unpaired) electrons. The highest BCUT2D eigenvalue weighted by Gasteiger charge is 2.34. The van der Waals surface area contributed by atoms with Crippen LogP contribution in [0.15, 0.2) is 65.8 Å². The van der Waals surface area contributed by atoms with Crippen LogP contribution in [-0.4, -0.2) is 18.1 Å². The molecule has 2 aromatic rings. The molecule has 0 aliphatic carbocycles. The Kier molecular flexibility index (Phi) is 3.51. The molecule has 1 aliphatic heterocycles. The van der Waals surface area contributed by atoms with E-state index in [0.29, 0.717) is 0 Å². The fourth-order valence-electron chi connectivity index (χ4n) is 2.63. The summed E-state index contributed by atoms with van der Waals surface area (Å²) in [7, 11) is 2.07. The monoisotopic (exact) mass is 284 g/mol. The zero-order valence-electron chi connectivity index (χ0n) is 11.6. The van der Waals surface area contributed by atoms with Crippen molar-refractivity contribution in [2.24, 2.45) is 0 Å². The van der Waals surface area contributed by atoms with Gasteiger partial charge >= 0.3 is 0 Å². The first kappa shape index (κ1) is 13.2. The minimum absolute atomic E-state index is 0.241. The van der Waals surface area contributed by atoms with Crippen LogP contribution < -0.4 is 5.01 Å². The van der Waals surface area contributed by atoms with Crippen molar-refractivity contribution in [1.29, 1.82) is 0 Å². The third-order valence-electron chi connectivity index (χ3n) is 3.79. The van der Waals surface area contributed by atoms with E-state index >= 15 is 0 Å². The SMILES string of the molecule is CC1C(c2ccccc2)=C(Cl)N(c2ccccc2)N1C. The lowest BCUT2D eigenvalue weighted by Gasteiger charge is -2.29. The summed E-state index contributed by atoms with van der Waals surface area (Å²) in [4.78, 5) is 0. The number of hydrogen-bond donors (Lipinski definition) is 0. The molecule has 0 saturated carbocycles. The smallest absolute Gasteiger partial charge is 0.129 e. The van der Waals surface area contributed by atoms with E-state index in [4.69, 9.17) is 11.6 Å². The zero-order valence-corrected chi connectivity index (χ0v) is 12.4. The fraction of sp³-hybridized carbons (Fsp3) is 0.176. The van der Waals surface area contributed by atoms with Crippen LogP contribution in [0, 0.1) is 0 Å². The summed E-state index contributed by atoms with van der Waals surface area (Å²) in [6.07, 6.45) is 0. The van der Waals surface area contributed by atoms with Gasteiger partial charge in [0, 0.05) is 12.6 Å². The Hall–Kier alpha value is -1.77. The summed E-state index contributed by atoms with van der Waals surface area (Å²) >= 11 is 6.67. The van der Waals surface area contributed by atoms with E-state index in [2.05, 4.69) is 48.3 Å². The summed E-state index contributed by atoms with van der Waals surface area (Å²) in [5, 5.41) is 5.01. The van der Waals surface area contributed by atoms with Crippen molar-refractivity contribution in [3.8, 4) is 0 Å². The van der Waals surface area contributed by atoms with Gasteiger partial charge < -0.3 is 0 Å². The Morgan fingerprint density at radius 1 is 0.900 bits per heavy atom. The standard InChI is InChI=1S/C17H17ClN2/c1-13-16(14-9-5-3-6-10-14)17(18)20(19(13)2)15-11-7-4-8-12-15/h3-13H,1-2H3. The van der Waals surface area contributed by atoms with Crippen LogP contribution in [0.5, 0.6) is 0 Å². The summed E-state index contributed by atoms with van der Waals surface area (Å²) in [5.41, 5.74) is 3.42. The molecule has 2 nitrogen and oxygen atoms in total. The summed E-state index contributed by atoms with van der Waals surface area (Å²) in [6, 6.07) is 20.8. The lowest BCUT2D eigenvalue weighted by molar-refractivity contribution is 0.325. The molecule has 0 saturated heterocycles. The average molecular weight is 285 g/mol. The topological polar surface area (TPSA) is 6.48 Å². The van der Waals surface area contributed by atoms with Crippen LogP contribution in [0.4, 0.5) is 5.69 Å². The van der Waals surface area contributed by atoms with E-state index in [1.807, 2.05) is 36.4 Å². The van der Waals surface area contributed by atoms with Gasteiger partial charge in [0.15, 0.2) is 0 Å². The molecule has 0 aromatic heterocycles.